The highest BCUT2D eigenvalue weighted by atomic mass is 35.5. The average molecular weight is 356 g/mol. The molecule has 0 radical (unpaired) electrons. The van der Waals surface area contributed by atoms with Gasteiger partial charge in [0.1, 0.15) is 11.6 Å². The van der Waals surface area contributed by atoms with E-state index in [4.69, 9.17) is 16.3 Å². The van der Waals surface area contributed by atoms with E-state index in [1.54, 1.807) is 12.1 Å². The van der Waals surface area contributed by atoms with Gasteiger partial charge in [-0.3, -0.25) is 4.79 Å². The van der Waals surface area contributed by atoms with Crippen molar-refractivity contribution in [3.8, 4) is 17.6 Å². The third-order valence-electron chi connectivity index (χ3n) is 3.70. The van der Waals surface area contributed by atoms with E-state index in [2.05, 4.69) is 6.92 Å². The fourth-order valence-corrected chi connectivity index (χ4v) is 2.63. The van der Waals surface area contributed by atoms with Crippen molar-refractivity contribution in [2.24, 2.45) is 0 Å². The Bertz CT molecular complexity index is 848. The van der Waals surface area contributed by atoms with Crippen molar-refractivity contribution < 1.29 is 14.6 Å². The van der Waals surface area contributed by atoms with Crippen LogP contribution in [0.2, 0.25) is 5.02 Å². The van der Waals surface area contributed by atoms with Crippen LogP contribution in [0.15, 0.2) is 42.0 Å². The fraction of sp³-hybridized carbons (Fsp3) is 0.200. The highest BCUT2D eigenvalue weighted by Crippen LogP contribution is 2.35. The predicted molar refractivity (Wildman–Crippen MR) is 98.0 cm³/mol. The van der Waals surface area contributed by atoms with Gasteiger partial charge in [-0.15, -0.1) is 0 Å². The van der Waals surface area contributed by atoms with Crippen LogP contribution >= 0.6 is 11.6 Å². The summed E-state index contributed by atoms with van der Waals surface area (Å²) in [6.45, 7) is 2.09. The molecule has 2 aromatic carbocycles. The molecule has 4 nitrogen and oxygen atoms in total. The molecule has 0 saturated heterocycles. The van der Waals surface area contributed by atoms with Crippen LogP contribution in [0, 0.1) is 11.3 Å². The molecule has 0 aromatic heterocycles. The first kappa shape index (κ1) is 18.6. The van der Waals surface area contributed by atoms with Gasteiger partial charge in [0.05, 0.1) is 12.1 Å². The quantitative estimate of drug-likeness (QED) is 0.459. The van der Waals surface area contributed by atoms with Gasteiger partial charge in [-0.2, -0.15) is 5.26 Å². The number of hydrogen-bond acceptors (Lipinski definition) is 4. The molecule has 0 heterocycles. The lowest BCUT2D eigenvalue weighted by atomic mass is 9.99. The molecule has 0 spiro atoms. The summed E-state index contributed by atoms with van der Waals surface area (Å²) in [6, 6.07) is 12.1. The number of benzene rings is 2. The van der Waals surface area contributed by atoms with Crippen molar-refractivity contribution in [3.05, 3.63) is 63.7 Å². The van der Waals surface area contributed by atoms with Crippen LogP contribution in [-0.2, 0) is 6.42 Å². The average Bonchev–Trinajstić information content (AvgIpc) is 2.62. The molecule has 0 aliphatic rings. The molecule has 0 saturated carbocycles. The zero-order chi connectivity index (χ0) is 18.4. The van der Waals surface area contributed by atoms with Gasteiger partial charge >= 0.3 is 0 Å². The molecule has 2 rings (SSSR count). The van der Waals surface area contributed by atoms with Gasteiger partial charge in [-0.1, -0.05) is 49.2 Å². The van der Waals surface area contributed by atoms with Crippen LogP contribution in [0.4, 0.5) is 0 Å². The molecule has 0 unspecified atom stereocenters. The molecule has 1 N–H and O–H groups in total. The van der Waals surface area contributed by atoms with Crippen molar-refractivity contribution in [1.29, 1.82) is 5.26 Å². The Hall–Kier alpha value is -2.77. The number of Topliss-reactive ketones (excluding diaryl/α,β-unsaturated/α-hetero) is 1. The summed E-state index contributed by atoms with van der Waals surface area (Å²) in [4.78, 5) is 12.6. The summed E-state index contributed by atoms with van der Waals surface area (Å²) in [6.07, 6.45) is 3.40. The minimum atomic E-state index is -0.367. The first-order valence-corrected chi connectivity index (χ1v) is 8.19. The van der Waals surface area contributed by atoms with Gasteiger partial charge in [0.2, 0.25) is 5.78 Å². The number of allylic oxidation sites excluding steroid dienone is 1. The third-order valence-corrected chi connectivity index (χ3v) is 3.99. The molecule has 2 aromatic rings. The number of hydrogen-bond donors (Lipinski definition) is 1. The normalized spacial score (nSPS) is 11.0. The van der Waals surface area contributed by atoms with Gasteiger partial charge in [0, 0.05) is 5.56 Å². The number of ether oxygens (including phenoxy) is 1. The summed E-state index contributed by atoms with van der Waals surface area (Å²) in [7, 11) is 1.40. The van der Waals surface area contributed by atoms with Crippen molar-refractivity contribution >= 4 is 23.5 Å². The number of phenols is 1. The van der Waals surface area contributed by atoms with E-state index in [0.29, 0.717) is 11.1 Å². The van der Waals surface area contributed by atoms with Crippen LogP contribution in [0.3, 0.4) is 0 Å². The first-order valence-electron chi connectivity index (χ1n) is 7.82. The number of nitriles is 1. The number of carbonyl (C=O) groups is 1. The van der Waals surface area contributed by atoms with Gasteiger partial charge in [-0.25, -0.2) is 0 Å². The van der Waals surface area contributed by atoms with Crippen LogP contribution < -0.4 is 4.74 Å². The minimum absolute atomic E-state index is 0.0212. The highest BCUT2D eigenvalue weighted by molar-refractivity contribution is 6.32. The monoisotopic (exact) mass is 355 g/mol. The molecule has 0 bridgehead atoms. The standard InChI is InChI=1S/C20H18ClNO3/c1-3-4-13-5-7-15(8-6-13)19(23)16(12-22)9-14-10-17(21)20(24)18(11-14)25-2/h5-11,24H,3-4H2,1-2H3/b16-9+. The molecular formula is C20H18ClNO3. The van der Waals surface area contributed by atoms with Gasteiger partial charge in [-0.05, 0) is 35.8 Å². The topological polar surface area (TPSA) is 70.3 Å². The second-order valence-electron chi connectivity index (χ2n) is 5.50. The fourth-order valence-electron chi connectivity index (χ4n) is 2.41. The number of nitrogens with zero attached hydrogens (tertiary/aromatic N) is 1. The molecule has 5 heteroatoms. The van der Waals surface area contributed by atoms with Crippen molar-refractivity contribution in [1.82, 2.24) is 0 Å². The van der Waals surface area contributed by atoms with E-state index >= 15 is 0 Å². The molecule has 25 heavy (non-hydrogen) atoms. The number of methoxy groups -OCH3 is 1. The molecule has 0 amide bonds. The molecule has 128 valence electrons. The van der Waals surface area contributed by atoms with E-state index in [-0.39, 0.29) is 27.9 Å². The summed E-state index contributed by atoms with van der Waals surface area (Å²) in [5.74, 6) is -0.376. The number of aryl methyl sites for hydroxylation is 1. The molecule has 0 fully saturated rings. The van der Waals surface area contributed by atoms with E-state index in [0.717, 1.165) is 18.4 Å². The largest absolute Gasteiger partial charge is 0.503 e. The SMILES string of the molecule is CCCc1ccc(C(=O)/C(C#N)=C/c2cc(Cl)c(O)c(OC)c2)cc1. The second kappa shape index (κ2) is 8.36. The van der Waals surface area contributed by atoms with Crippen LogP contribution in [0.25, 0.3) is 6.08 Å². The van der Waals surface area contributed by atoms with Gasteiger partial charge in [0.25, 0.3) is 0 Å². The molecular weight excluding hydrogens is 338 g/mol. The number of rotatable bonds is 6. The number of halogens is 1. The van der Waals surface area contributed by atoms with Crippen molar-refractivity contribution in [2.45, 2.75) is 19.8 Å². The summed E-state index contributed by atoms with van der Waals surface area (Å²) in [5.41, 5.74) is 2.07. The Morgan fingerprint density at radius 2 is 2.00 bits per heavy atom. The maximum Gasteiger partial charge on any atom is 0.203 e. The van der Waals surface area contributed by atoms with Gasteiger partial charge < -0.3 is 9.84 Å². The number of carbonyl (C=O) groups excluding carboxylic acids is 1. The lowest BCUT2D eigenvalue weighted by molar-refractivity contribution is 0.104. The number of phenolic OH excluding ortho intramolecular Hbond substituents is 1. The van der Waals surface area contributed by atoms with Crippen LogP contribution in [0.1, 0.15) is 34.8 Å². The Labute approximate surface area is 151 Å². The smallest absolute Gasteiger partial charge is 0.203 e. The highest BCUT2D eigenvalue weighted by Gasteiger charge is 2.14. The molecule has 0 aliphatic carbocycles. The summed E-state index contributed by atoms with van der Waals surface area (Å²) < 4.78 is 5.03. The van der Waals surface area contributed by atoms with E-state index < -0.39 is 0 Å². The lowest BCUT2D eigenvalue weighted by Gasteiger charge is -2.07. The maximum atomic E-state index is 12.6. The van der Waals surface area contributed by atoms with Crippen LogP contribution in [0.5, 0.6) is 11.5 Å². The van der Waals surface area contributed by atoms with Crippen molar-refractivity contribution in [3.63, 3.8) is 0 Å². The summed E-state index contributed by atoms with van der Waals surface area (Å²) in [5, 5.41) is 19.2. The Balaban J connectivity index is 2.35. The first-order chi connectivity index (χ1) is 12.0. The third kappa shape index (κ3) is 4.40. The Morgan fingerprint density at radius 3 is 2.56 bits per heavy atom. The zero-order valence-electron chi connectivity index (χ0n) is 14.0. The second-order valence-corrected chi connectivity index (χ2v) is 5.91. The predicted octanol–water partition coefficient (Wildman–Crippen LogP) is 4.80. The van der Waals surface area contributed by atoms with Crippen LogP contribution in [-0.4, -0.2) is 18.0 Å². The lowest BCUT2D eigenvalue weighted by Crippen LogP contribution is -2.02. The van der Waals surface area contributed by atoms with Crippen molar-refractivity contribution in [2.75, 3.05) is 7.11 Å². The van der Waals surface area contributed by atoms with E-state index in [9.17, 15) is 15.2 Å². The zero-order valence-corrected chi connectivity index (χ0v) is 14.8. The van der Waals surface area contributed by atoms with E-state index in [1.807, 2.05) is 18.2 Å². The maximum absolute atomic E-state index is 12.6. The Kier molecular flexibility index (Phi) is 6.21. The number of aromatic hydroxyl groups is 1. The Morgan fingerprint density at radius 1 is 1.32 bits per heavy atom. The minimum Gasteiger partial charge on any atom is -0.503 e. The number of ketones is 1. The summed E-state index contributed by atoms with van der Waals surface area (Å²) >= 11 is 5.94. The van der Waals surface area contributed by atoms with Gasteiger partial charge in [0.15, 0.2) is 11.5 Å². The molecule has 0 aliphatic heterocycles. The molecule has 0 atom stereocenters. The van der Waals surface area contributed by atoms with E-state index in [1.165, 1.54) is 25.3 Å².